The summed E-state index contributed by atoms with van der Waals surface area (Å²) in [5, 5.41) is 2.69. The van der Waals surface area contributed by atoms with Crippen LogP contribution in [0.5, 0.6) is 0 Å². The lowest BCUT2D eigenvalue weighted by Gasteiger charge is -2.35. The van der Waals surface area contributed by atoms with Crippen LogP contribution in [0.2, 0.25) is 0 Å². The monoisotopic (exact) mass is 313 g/mol. The molecule has 2 amide bonds. The van der Waals surface area contributed by atoms with Crippen LogP contribution in [0.15, 0.2) is 42.6 Å². The topological polar surface area (TPSA) is 45.2 Å². The highest BCUT2D eigenvalue weighted by Crippen LogP contribution is 2.30. The largest absolute Gasteiger partial charge is 0.322 e. The first-order chi connectivity index (χ1) is 11.1. The number of aryl methyl sites for hydroxylation is 1. The average molecular weight is 313 g/mol. The Morgan fingerprint density at radius 2 is 2.17 bits per heavy atom. The lowest BCUT2D eigenvalue weighted by Crippen LogP contribution is -2.41. The lowest BCUT2D eigenvalue weighted by atomic mass is 9.99. The third kappa shape index (κ3) is 3.50. The van der Waals surface area contributed by atoms with Gasteiger partial charge in [-0.25, -0.2) is 9.18 Å². The molecular formula is C18H20FN3O. The highest BCUT2D eigenvalue weighted by Gasteiger charge is 2.29. The van der Waals surface area contributed by atoms with Gasteiger partial charge in [-0.15, -0.1) is 0 Å². The number of aromatic nitrogens is 1. The van der Waals surface area contributed by atoms with Crippen molar-refractivity contribution in [1.29, 1.82) is 0 Å². The Kier molecular flexibility index (Phi) is 4.55. The molecule has 5 heteroatoms. The average Bonchev–Trinajstić information content (AvgIpc) is 2.58. The number of piperidine rings is 1. The van der Waals surface area contributed by atoms with Crippen molar-refractivity contribution >= 4 is 11.7 Å². The second-order valence-electron chi connectivity index (χ2n) is 5.87. The highest BCUT2D eigenvalue weighted by molar-refractivity contribution is 5.89. The van der Waals surface area contributed by atoms with E-state index in [0.29, 0.717) is 6.54 Å². The number of carbonyl (C=O) groups excluding carboxylic acids is 1. The summed E-state index contributed by atoms with van der Waals surface area (Å²) in [6, 6.07) is 10.2. The maximum atomic E-state index is 14.0. The molecule has 23 heavy (non-hydrogen) atoms. The van der Waals surface area contributed by atoms with E-state index in [1.54, 1.807) is 23.2 Å². The van der Waals surface area contributed by atoms with Crippen LogP contribution in [-0.4, -0.2) is 22.5 Å². The number of halogens is 1. The molecule has 0 bridgehead atoms. The number of nitrogens with zero attached hydrogens (tertiary/aromatic N) is 2. The van der Waals surface area contributed by atoms with Crippen molar-refractivity contribution in [2.45, 2.75) is 32.2 Å². The number of anilines is 1. The molecule has 1 fully saturated rings. The van der Waals surface area contributed by atoms with Crippen LogP contribution in [0.25, 0.3) is 0 Å². The molecule has 2 heterocycles. The molecule has 1 aliphatic rings. The summed E-state index contributed by atoms with van der Waals surface area (Å²) in [5.74, 6) is -0.412. The van der Waals surface area contributed by atoms with Crippen molar-refractivity contribution in [3.8, 4) is 0 Å². The summed E-state index contributed by atoms with van der Waals surface area (Å²) in [4.78, 5) is 18.7. The Morgan fingerprint density at radius 1 is 1.30 bits per heavy atom. The number of carbonyl (C=O) groups is 1. The smallest absolute Gasteiger partial charge is 0.316 e. The predicted octanol–water partition coefficient (Wildman–Crippen LogP) is 4.29. The Labute approximate surface area is 135 Å². The highest BCUT2D eigenvalue weighted by atomic mass is 19.1. The molecule has 1 aromatic carbocycles. The Balaban J connectivity index is 1.79. The number of likely N-dealkylation sites (tertiary alicyclic amines) is 1. The molecular weight excluding hydrogens is 293 g/mol. The minimum Gasteiger partial charge on any atom is -0.316 e. The first-order valence-corrected chi connectivity index (χ1v) is 7.90. The number of urea groups is 1. The van der Waals surface area contributed by atoms with E-state index in [1.807, 2.05) is 25.1 Å². The van der Waals surface area contributed by atoms with Crippen molar-refractivity contribution in [2.24, 2.45) is 0 Å². The summed E-state index contributed by atoms with van der Waals surface area (Å²) in [7, 11) is 0. The number of pyridine rings is 1. The number of hydrogen-bond donors (Lipinski definition) is 1. The third-order valence-electron chi connectivity index (χ3n) is 4.16. The first-order valence-electron chi connectivity index (χ1n) is 7.90. The molecule has 0 radical (unpaired) electrons. The zero-order chi connectivity index (χ0) is 16.2. The second-order valence-corrected chi connectivity index (χ2v) is 5.87. The molecule has 0 saturated carbocycles. The standard InChI is InChI=1S/C18H20FN3O/c1-13-8-9-15(14(19)12-13)21-18(23)22-11-5-3-7-17(22)16-6-2-4-10-20-16/h2,4,6,8-10,12,17H,3,5,7,11H2,1H3,(H,21,23)/t17-/m1/s1. The van der Waals surface area contributed by atoms with Gasteiger partial charge in [0, 0.05) is 12.7 Å². The normalized spacial score (nSPS) is 17.8. The van der Waals surface area contributed by atoms with Gasteiger partial charge >= 0.3 is 6.03 Å². The summed E-state index contributed by atoms with van der Waals surface area (Å²) in [6.07, 6.45) is 4.62. The molecule has 1 saturated heterocycles. The summed E-state index contributed by atoms with van der Waals surface area (Å²) >= 11 is 0. The van der Waals surface area contributed by atoms with Crippen LogP contribution in [0.1, 0.15) is 36.6 Å². The molecule has 1 N–H and O–H groups in total. The Hall–Kier alpha value is -2.43. The van der Waals surface area contributed by atoms with Gasteiger partial charge in [0.05, 0.1) is 17.4 Å². The molecule has 3 rings (SSSR count). The molecule has 0 unspecified atom stereocenters. The fraction of sp³-hybridized carbons (Fsp3) is 0.333. The molecule has 1 aromatic heterocycles. The Morgan fingerprint density at radius 3 is 2.91 bits per heavy atom. The van der Waals surface area contributed by atoms with E-state index in [-0.39, 0.29) is 17.8 Å². The third-order valence-corrected chi connectivity index (χ3v) is 4.16. The summed E-state index contributed by atoms with van der Waals surface area (Å²) in [5.41, 5.74) is 1.92. The molecule has 1 aliphatic heterocycles. The fourth-order valence-electron chi connectivity index (χ4n) is 2.96. The molecule has 0 spiro atoms. The van der Waals surface area contributed by atoms with E-state index in [0.717, 1.165) is 30.5 Å². The number of hydrogen-bond acceptors (Lipinski definition) is 2. The number of rotatable bonds is 2. The van der Waals surface area contributed by atoms with Gasteiger partial charge in [0.1, 0.15) is 5.82 Å². The van der Waals surface area contributed by atoms with E-state index in [4.69, 9.17) is 0 Å². The van der Waals surface area contributed by atoms with Crippen LogP contribution in [0.4, 0.5) is 14.9 Å². The molecule has 2 aromatic rings. The van der Waals surface area contributed by atoms with Crippen LogP contribution in [-0.2, 0) is 0 Å². The molecule has 1 atom stereocenters. The van der Waals surface area contributed by atoms with E-state index >= 15 is 0 Å². The van der Waals surface area contributed by atoms with Crippen LogP contribution < -0.4 is 5.32 Å². The zero-order valence-corrected chi connectivity index (χ0v) is 13.1. The van der Waals surface area contributed by atoms with Gasteiger partial charge in [-0.1, -0.05) is 12.1 Å². The van der Waals surface area contributed by atoms with Crippen molar-refractivity contribution < 1.29 is 9.18 Å². The number of benzene rings is 1. The maximum Gasteiger partial charge on any atom is 0.322 e. The van der Waals surface area contributed by atoms with Crippen LogP contribution in [0, 0.1) is 12.7 Å². The zero-order valence-electron chi connectivity index (χ0n) is 13.1. The van der Waals surface area contributed by atoms with Gasteiger partial charge in [0.15, 0.2) is 0 Å². The SMILES string of the molecule is Cc1ccc(NC(=O)N2CCCC[C@@H]2c2ccccn2)c(F)c1. The van der Waals surface area contributed by atoms with Gasteiger partial charge in [0.2, 0.25) is 0 Å². The van der Waals surface area contributed by atoms with E-state index in [9.17, 15) is 9.18 Å². The van der Waals surface area contributed by atoms with E-state index in [2.05, 4.69) is 10.3 Å². The molecule has 4 nitrogen and oxygen atoms in total. The maximum absolute atomic E-state index is 14.0. The quantitative estimate of drug-likeness (QED) is 0.899. The first kappa shape index (κ1) is 15.5. The number of amides is 2. The van der Waals surface area contributed by atoms with E-state index < -0.39 is 5.82 Å². The fourth-order valence-corrected chi connectivity index (χ4v) is 2.96. The van der Waals surface area contributed by atoms with Crippen molar-refractivity contribution in [1.82, 2.24) is 9.88 Å². The van der Waals surface area contributed by atoms with Crippen LogP contribution in [0.3, 0.4) is 0 Å². The number of nitrogens with one attached hydrogen (secondary N) is 1. The summed E-state index contributed by atoms with van der Waals surface area (Å²) < 4.78 is 14.0. The predicted molar refractivity (Wildman–Crippen MR) is 87.7 cm³/mol. The van der Waals surface area contributed by atoms with Gasteiger partial charge in [0.25, 0.3) is 0 Å². The second kappa shape index (κ2) is 6.77. The van der Waals surface area contributed by atoms with Gasteiger partial charge in [-0.05, 0) is 56.0 Å². The van der Waals surface area contributed by atoms with Crippen molar-refractivity contribution in [3.05, 3.63) is 59.7 Å². The van der Waals surface area contributed by atoms with Crippen molar-refractivity contribution in [3.63, 3.8) is 0 Å². The molecule has 0 aliphatic carbocycles. The Bertz CT molecular complexity index is 690. The van der Waals surface area contributed by atoms with Gasteiger partial charge in [-0.3, -0.25) is 4.98 Å². The van der Waals surface area contributed by atoms with Crippen LogP contribution >= 0.6 is 0 Å². The minimum atomic E-state index is -0.412. The van der Waals surface area contributed by atoms with Gasteiger partial charge in [-0.2, -0.15) is 0 Å². The van der Waals surface area contributed by atoms with E-state index in [1.165, 1.54) is 6.07 Å². The molecule has 120 valence electrons. The van der Waals surface area contributed by atoms with Gasteiger partial charge < -0.3 is 10.2 Å². The summed E-state index contributed by atoms with van der Waals surface area (Å²) in [6.45, 7) is 2.47. The van der Waals surface area contributed by atoms with Crippen molar-refractivity contribution in [2.75, 3.05) is 11.9 Å². The minimum absolute atomic E-state index is 0.0570. The lowest BCUT2D eigenvalue weighted by molar-refractivity contribution is 0.161.